The largest absolute Gasteiger partial charge is 0.464 e. The first kappa shape index (κ1) is 20.3. The lowest BCUT2D eigenvalue weighted by molar-refractivity contribution is 0.0275. The van der Waals surface area contributed by atoms with Gasteiger partial charge in [-0.3, -0.25) is 4.98 Å². The Bertz CT molecular complexity index is 986. The van der Waals surface area contributed by atoms with Gasteiger partial charge < -0.3 is 14.4 Å². The van der Waals surface area contributed by atoms with Crippen molar-refractivity contribution in [3.05, 3.63) is 65.8 Å². The predicted molar refractivity (Wildman–Crippen MR) is 117 cm³/mol. The Morgan fingerprint density at radius 3 is 2.63 bits per heavy atom. The lowest BCUT2D eigenvalue weighted by Crippen LogP contribution is -2.36. The Morgan fingerprint density at radius 1 is 1.13 bits per heavy atom. The fourth-order valence-electron chi connectivity index (χ4n) is 3.48. The summed E-state index contributed by atoms with van der Waals surface area (Å²) >= 11 is 1.45. The van der Waals surface area contributed by atoms with Gasteiger partial charge in [-0.15, -0.1) is 0 Å². The van der Waals surface area contributed by atoms with E-state index in [1.54, 1.807) is 17.3 Å². The van der Waals surface area contributed by atoms with Crippen molar-refractivity contribution < 1.29 is 14.3 Å². The monoisotopic (exact) mass is 423 g/mol. The molecule has 0 radical (unpaired) electrons. The molecule has 3 aromatic rings. The molecule has 156 valence electrons. The molecule has 2 atom stereocenters. The number of thiazole rings is 1. The number of benzene rings is 1. The zero-order valence-electron chi connectivity index (χ0n) is 17.3. The van der Waals surface area contributed by atoms with E-state index in [1.807, 2.05) is 56.5 Å². The van der Waals surface area contributed by atoms with E-state index >= 15 is 0 Å². The fraction of sp³-hybridized carbons (Fsp3) is 0.348. The van der Waals surface area contributed by atoms with Crippen LogP contribution in [-0.4, -0.2) is 45.8 Å². The van der Waals surface area contributed by atoms with Crippen LogP contribution in [0.1, 0.15) is 32.3 Å². The van der Waals surface area contributed by atoms with Crippen molar-refractivity contribution in [3.63, 3.8) is 0 Å². The van der Waals surface area contributed by atoms with Crippen molar-refractivity contribution in [1.29, 1.82) is 0 Å². The minimum atomic E-state index is -0.536. The second kappa shape index (κ2) is 8.44. The number of pyridine rings is 1. The van der Waals surface area contributed by atoms with Gasteiger partial charge in [0.15, 0.2) is 0 Å². The molecule has 0 spiro atoms. The molecule has 0 aliphatic carbocycles. The number of ether oxygens (including phenoxy) is 2. The fourth-order valence-corrected chi connectivity index (χ4v) is 4.21. The lowest BCUT2D eigenvalue weighted by atomic mass is 9.96. The molecule has 1 amide bonds. The van der Waals surface area contributed by atoms with E-state index in [2.05, 4.69) is 22.1 Å². The zero-order valence-corrected chi connectivity index (χ0v) is 18.1. The quantitative estimate of drug-likeness (QED) is 0.592. The lowest BCUT2D eigenvalue weighted by Gasteiger charge is -2.24. The van der Waals surface area contributed by atoms with Crippen molar-refractivity contribution in [3.8, 4) is 16.5 Å². The van der Waals surface area contributed by atoms with Gasteiger partial charge in [0, 0.05) is 35.8 Å². The van der Waals surface area contributed by atoms with Gasteiger partial charge in [-0.05, 0) is 38.5 Å². The van der Waals surface area contributed by atoms with Crippen LogP contribution < -0.4 is 4.74 Å². The van der Waals surface area contributed by atoms with Gasteiger partial charge in [-0.2, -0.15) is 0 Å². The average molecular weight is 424 g/mol. The number of amides is 1. The normalized spacial score (nSPS) is 19.0. The molecule has 7 heteroatoms. The molecule has 1 aromatic carbocycles. The van der Waals surface area contributed by atoms with Crippen LogP contribution in [0.4, 0.5) is 4.79 Å². The third-order valence-electron chi connectivity index (χ3n) is 4.84. The molecular weight excluding hydrogens is 398 g/mol. The molecule has 30 heavy (non-hydrogen) atoms. The van der Waals surface area contributed by atoms with Crippen LogP contribution in [0.2, 0.25) is 0 Å². The SMILES string of the molecule is CC(C)(C)OC(=O)N1C[C@@H](Oc2nc(-c3cccnc3)cs2)[C@H](c2ccccc2)C1. The van der Waals surface area contributed by atoms with Gasteiger partial charge in [0.1, 0.15) is 11.7 Å². The van der Waals surface area contributed by atoms with Crippen LogP contribution in [0.25, 0.3) is 11.3 Å². The van der Waals surface area contributed by atoms with Gasteiger partial charge in [-0.1, -0.05) is 41.7 Å². The van der Waals surface area contributed by atoms with E-state index in [-0.39, 0.29) is 18.1 Å². The number of carbonyl (C=O) groups is 1. The molecule has 0 saturated carbocycles. The maximum Gasteiger partial charge on any atom is 0.410 e. The van der Waals surface area contributed by atoms with Crippen molar-refractivity contribution in [1.82, 2.24) is 14.9 Å². The summed E-state index contributed by atoms with van der Waals surface area (Å²) in [6.07, 6.45) is 3.00. The molecule has 1 fully saturated rings. The summed E-state index contributed by atoms with van der Waals surface area (Å²) in [6, 6.07) is 14.0. The summed E-state index contributed by atoms with van der Waals surface area (Å²) in [5.74, 6) is 0.0458. The third-order valence-corrected chi connectivity index (χ3v) is 5.57. The van der Waals surface area contributed by atoms with Gasteiger partial charge in [0.05, 0.1) is 12.2 Å². The summed E-state index contributed by atoms with van der Waals surface area (Å²) in [6.45, 7) is 6.62. The maximum atomic E-state index is 12.7. The number of aromatic nitrogens is 2. The molecule has 6 nitrogen and oxygen atoms in total. The first-order valence-electron chi connectivity index (χ1n) is 9.94. The highest BCUT2D eigenvalue weighted by molar-refractivity contribution is 7.11. The summed E-state index contributed by atoms with van der Waals surface area (Å²) in [4.78, 5) is 23.2. The number of hydrogen-bond donors (Lipinski definition) is 0. The summed E-state index contributed by atoms with van der Waals surface area (Å²) in [7, 11) is 0. The second-order valence-electron chi connectivity index (χ2n) is 8.30. The highest BCUT2D eigenvalue weighted by Crippen LogP contribution is 2.34. The van der Waals surface area contributed by atoms with E-state index < -0.39 is 5.60 Å². The van der Waals surface area contributed by atoms with E-state index in [9.17, 15) is 4.79 Å². The Hall–Kier alpha value is -2.93. The Labute approximate surface area is 180 Å². The molecule has 0 unspecified atom stereocenters. The standard InChI is InChI=1S/C23H25N3O3S/c1-23(2,3)29-22(27)26-13-18(16-8-5-4-6-9-16)20(14-26)28-21-25-19(15-30-21)17-10-7-11-24-12-17/h4-12,15,18,20H,13-14H2,1-3H3/t18-,20+/m0/s1. The van der Waals surface area contributed by atoms with Gasteiger partial charge >= 0.3 is 6.09 Å². The molecule has 0 bridgehead atoms. The molecule has 2 aromatic heterocycles. The predicted octanol–water partition coefficient (Wildman–Crippen LogP) is 4.99. The van der Waals surface area contributed by atoms with Crippen LogP contribution in [-0.2, 0) is 4.74 Å². The maximum absolute atomic E-state index is 12.7. The Kier molecular flexibility index (Phi) is 5.72. The molecular formula is C23H25N3O3S. The van der Waals surface area contributed by atoms with Crippen LogP contribution in [0, 0.1) is 0 Å². The summed E-state index contributed by atoms with van der Waals surface area (Å²) < 4.78 is 11.9. The smallest absolute Gasteiger partial charge is 0.410 e. The van der Waals surface area contributed by atoms with Gasteiger partial charge in [0.2, 0.25) is 0 Å². The Morgan fingerprint density at radius 2 is 1.93 bits per heavy atom. The van der Waals surface area contributed by atoms with E-state index in [0.717, 1.165) is 16.8 Å². The summed E-state index contributed by atoms with van der Waals surface area (Å²) in [5, 5.41) is 2.55. The summed E-state index contributed by atoms with van der Waals surface area (Å²) in [5.41, 5.74) is 2.38. The van der Waals surface area contributed by atoms with Crippen molar-refractivity contribution in [2.45, 2.75) is 38.4 Å². The van der Waals surface area contributed by atoms with Crippen LogP contribution >= 0.6 is 11.3 Å². The number of carbonyl (C=O) groups excluding carboxylic acids is 1. The third kappa shape index (κ3) is 4.79. The number of hydrogen-bond acceptors (Lipinski definition) is 6. The highest BCUT2D eigenvalue weighted by Gasteiger charge is 2.39. The second-order valence-corrected chi connectivity index (χ2v) is 9.12. The minimum absolute atomic E-state index is 0.0458. The number of rotatable bonds is 4. The van der Waals surface area contributed by atoms with Crippen LogP contribution in [0.15, 0.2) is 60.2 Å². The van der Waals surface area contributed by atoms with E-state index in [1.165, 1.54) is 11.3 Å². The topological polar surface area (TPSA) is 64.5 Å². The minimum Gasteiger partial charge on any atom is -0.464 e. The van der Waals surface area contributed by atoms with E-state index in [0.29, 0.717) is 18.3 Å². The Balaban J connectivity index is 1.53. The molecule has 4 rings (SSSR count). The van der Waals surface area contributed by atoms with Gasteiger partial charge in [0.25, 0.3) is 5.19 Å². The first-order chi connectivity index (χ1) is 14.4. The molecule has 1 aliphatic heterocycles. The van der Waals surface area contributed by atoms with Gasteiger partial charge in [-0.25, -0.2) is 9.78 Å². The first-order valence-corrected chi connectivity index (χ1v) is 10.8. The average Bonchev–Trinajstić information content (AvgIpc) is 3.36. The zero-order chi connectivity index (χ0) is 21.1. The van der Waals surface area contributed by atoms with Crippen LogP contribution in [0.3, 0.4) is 0 Å². The molecule has 0 N–H and O–H groups in total. The molecule has 3 heterocycles. The van der Waals surface area contributed by atoms with Crippen LogP contribution in [0.5, 0.6) is 5.19 Å². The highest BCUT2D eigenvalue weighted by atomic mass is 32.1. The van der Waals surface area contributed by atoms with Crippen molar-refractivity contribution in [2.75, 3.05) is 13.1 Å². The number of likely N-dealkylation sites (tertiary alicyclic amines) is 1. The van der Waals surface area contributed by atoms with E-state index in [4.69, 9.17) is 9.47 Å². The van der Waals surface area contributed by atoms with Crippen molar-refractivity contribution >= 4 is 17.4 Å². The van der Waals surface area contributed by atoms with Crippen molar-refractivity contribution in [2.24, 2.45) is 0 Å². The number of nitrogens with zero attached hydrogens (tertiary/aromatic N) is 3. The molecule has 1 aliphatic rings. The molecule has 1 saturated heterocycles.